The highest BCUT2D eigenvalue weighted by molar-refractivity contribution is 5.88. The first-order chi connectivity index (χ1) is 5.83. The van der Waals surface area contributed by atoms with E-state index in [2.05, 4.69) is 6.58 Å². The lowest BCUT2D eigenvalue weighted by Crippen LogP contribution is -1.92. The van der Waals surface area contributed by atoms with E-state index in [1.807, 2.05) is 12.1 Å². The maximum Gasteiger partial charge on any atom is 0.155 e. The first-order valence-electron chi connectivity index (χ1n) is 4.00. The van der Waals surface area contributed by atoms with Crippen LogP contribution in [0.3, 0.4) is 0 Å². The Hall–Kier alpha value is -1.31. The molecule has 0 aliphatic carbocycles. The molecule has 2 heteroatoms. The van der Waals surface area contributed by atoms with Gasteiger partial charge in [0.1, 0.15) is 5.76 Å². The Labute approximate surface area is 71.9 Å². The molecule has 0 unspecified atom stereocenters. The van der Waals surface area contributed by atoms with Gasteiger partial charge >= 0.3 is 0 Å². The fourth-order valence-corrected chi connectivity index (χ4v) is 0.994. The largest absolute Gasteiger partial charge is 0.469 e. The zero-order valence-corrected chi connectivity index (χ0v) is 6.95. The fourth-order valence-electron chi connectivity index (χ4n) is 0.994. The highest BCUT2D eigenvalue weighted by Gasteiger charge is 1.98. The average Bonchev–Trinajstić information content (AvgIpc) is 2.57. The molecule has 1 heterocycles. The summed E-state index contributed by atoms with van der Waals surface area (Å²) in [5.74, 6) is 1.04. The Kier molecular flexibility index (Phi) is 3.33. The van der Waals surface area contributed by atoms with E-state index in [1.54, 1.807) is 6.26 Å². The van der Waals surface area contributed by atoms with Gasteiger partial charge in [-0.2, -0.15) is 0 Å². The van der Waals surface area contributed by atoms with Gasteiger partial charge in [-0.3, -0.25) is 4.79 Å². The summed E-state index contributed by atoms with van der Waals surface area (Å²) >= 11 is 0. The van der Waals surface area contributed by atoms with Gasteiger partial charge in [0.15, 0.2) is 5.78 Å². The number of furan rings is 1. The minimum absolute atomic E-state index is 0.0987. The fraction of sp³-hybridized carbons (Fsp3) is 0.300. The molecule has 0 atom stereocenters. The molecule has 1 aromatic rings. The molecule has 0 saturated heterocycles. The Morgan fingerprint density at radius 3 is 3.08 bits per heavy atom. The van der Waals surface area contributed by atoms with Gasteiger partial charge in [0.2, 0.25) is 0 Å². The van der Waals surface area contributed by atoms with Crippen molar-refractivity contribution in [2.75, 3.05) is 0 Å². The van der Waals surface area contributed by atoms with Crippen LogP contribution < -0.4 is 0 Å². The van der Waals surface area contributed by atoms with Crippen LogP contribution in [0.2, 0.25) is 0 Å². The van der Waals surface area contributed by atoms with E-state index in [0.717, 1.165) is 18.6 Å². The van der Waals surface area contributed by atoms with E-state index >= 15 is 0 Å². The van der Waals surface area contributed by atoms with E-state index in [-0.39, 0.29) is 5.78 Å². The molecule has 0 aliphatic heterocycles. The van der Waals surface area contributed by atoms with Crippen molar-refractivity contribution in [3.05, 3.63) is 36.8 Å². The Balaban J connectivity index is 2.19. The van der Waals surface area contributed by atoms with E-state index in [1.165, 1.54) is 6.08 Å². The number of ketones is 1. The Morgan fingerprint density at radius 1 is 1.67 bits per heavy atom. The molecule has 2 nitrogen and oxygen atoms in total. The van der Waals surface area contributed by atoms with Crippen molar-refractivity contribution in [1.29, 1.82) is 0 Å². The number of allylic oxidation sites excluding steroid dienone is 1. The molecule has 0 fully saturated rings. The van der Waals surface area contributed by atoms with Crippen molar-refractivity contribution in [3.8, 4) is 0 Å². The lowest BCUT2D eigenvalue weighted by molar-refractivity contribution is -0.114. The molecule has 0 bridgehead atoms. The highest BCUT2D eigenvalue weighted by atomic mass is 16.3. The molecule has 0 aromatic carbocycles. The lowest BCUT2D eigenvalue weighted by Gasteiger charge is -1.93. The molecule has 1 aromatic heterocycles. The molecule has 64 valence electrons. The number of aryl methyl sites for hydroxylation is 1. The topological polar surface area (TPSA) is 30.2 Å². The molecule has 0 N–H and O–H groups in total. The van der Waals surface area contributed by atoms with Crippen LogP contribution in [0.5, 0.6) is 0 Å². The van der Waals surface area contributed by atoms with Crippen LogP contribution in [0.25, 0.3) is 0 Å². The summed E-state index contributed by atoms with van der Waals surface area (Å²) in [6.07, 6.45) is 5.22. The molecule has 0 aliphatic rings. The van der Waals surface area contributed by atoms with Gasteiger partial charge in [0.25, 0.3) is 0 Å². The van der Waals surface area contributed by atoms with Crippen LogP contribution in [0.15, 0.2) is 35.5 Å². The molecule has 12 heavy (non-hydrogen) atoms. The molecule has 0 spiro atoms. The molecule has 0 saturated carbocycles. The van der Waals surface area contributed by atoms with Crippen molar-refractivity contribution in [2.24, 2.45) is 0 Å². The van der Waals surface area contributed by atoms with Crippen LogP contribution >= 0.6 is 0 Å². The average molecular weight is 164 g/mol. The van der Waals surface area contributed by atoms with Crippen LogP contribution in [0, 0.1) is 0 Å². The van der Waals surface area contributed by atoms with Crippen LogP contribution in [0.4, 0.5) is 0 Å². The van der Waals surface area contributed by atoms with E-state index < -0.39 is 0 Å². The van der Waals surface area contributed by atoms with Crippen LogP contribution in [-0.2, 0) is 11.2 Å². The summed E-state index contributed by atoms with van der Waals surface area (Å²) in [5.41, 5.74) is 0. The van der Waals surface area contributed by atoms with Crippen LogP contribution in [-0.4, -0.2) is 5.78 Å². The second-order valence-corrected chi connectivity index (χ2v) is 2.60. The normalized spacial score (nSPS) is 9.67. The maximum atomic E-state index is 10.8. The van der Waals surface area contributed by atoms with Crippen molar-refractivity contribution in [2.45, 2.75) is 19.3 Å². The predicted octanol–water partition coefficient (Wildman–Crippen LogP) is 2.36. The number of hydrogen-bond acceptors (Lipinski definition) is 2. The minimum Gasteiger partial charge on any atom is -0.469 e. The number of hydrogen-bond donors (Lipinski definition) is 0. The third-order valence-corrected chi connectivity index (χ3v) is 1.65. The maximum absolute atomic E-state index is 10.8. The predicted molar refractivity (Wildman–Crippen MR) is 46.9 cm³/mol. The Bertz CT molecular complexity index is 247. The second-order valence-electron chi connectivity index (χ2n) is 2.60. The number of carbonyl (C=O) groups is 1. The molecule has 0 amide bonds. The summed E-state index contributed by atoms with van der Waals surface area (Å²) in [4.78, 5) is 10.8. The second kappa shape index (κ2) is 4.54. The summed E-state index contributed by atoms with van der Waals surface area (Å²) in [7, 11) is 0. The van der Waals surface area contributed by atoms with Gasteiger partial charge in [-0.25, -0.2) is 0 Å². The van der Waals surface area contributed by atoms with E-state index in [4.69, 9.17) is 4.42 Å². The standard InChI is InChI=1S/C10H12O2/c1-2-9(11)5-3-6-10-7-4-8-12-10/h2,4,7-8H,1,3,5-6H2. The van der Waals surface area contributed by atoms with Crippen molar-refractivity contribution in [3.63, 3.8) is 0 Å². The highest BCUT2D eigenvalue weighted by Crippen LogP contribution is 2.05. The monoisotopic (exact) mass is 164 g/mol. The van der Waals surface area contributed by atoms with Gasteiger partial charge in [0, 0.05) is 12.8 Å². The molecular weight excluding hydrogens is 152 g/mol. The van der Waals surface area contributed by atoms with E-state index in [0.29, 0.717) is 6.42 Å². The molecule has 0 radical (unpaired) electrons. The van der Waals surface area contributed by atoms with Gasteiger partial charge in [-0.1, -0.05) is 6.58 Å². The first kappa shape index (κ1) is 8.78. The molecule has 1 rings (SSSR count). The number of carbonyl (C=O) groups excluding carboxylic acids is 1. The Morgan fingerprint density at radius 2 is 2.50 bits per heavy atom. The smallest absolute Gasteiger partial charge is 0.155 e. The van der Waals surface area contributed by atoms with Gasteiger partial charge < -0.3 is 4.42 Å². The van der Waals surface area contributed by atoms with E-state index in [9.17, 15) is 4.79 Å². The summed E-state index contributed by atoms with van der Waals surface area (Å²) in [6, 6.07) is 3.77. The van der Waals surface area contributed by atoms with Gasteiger partial charge in [-0.15, -0.1) is 0 Å². The third-order valence-electron chi connectivity index (χ3n) is 1.65. The number of rotatable bonds is 5. The lowest BCUT2D eigenvalue weighted by atomic mass is 10.1. The SMILES string of the molecule is C=CC(=O)CCCc1ccco1. The summed E-state index contributed by atoms with van der Waals surface area (Å²) < 4.78 is 5.11. The van der Waals surface area contributed by atoms with Crippen molar-refractivity contribution < 1.29 is 9.21 Å². The molecular formula is C10H12O2. The zero-order valence-electron chi connectivity index (χ0n) is 6.95. The van der Waals surface area contributed by atoms with Gasteiger partial charge in [-0.05, 0) is 24.6 Å². The minimum atomic E-state index is 0.0987. The first-order valence-corrected chi connectivity index (χ1v) is 4.00. The van der Waals surface area contributed by atoms with Crippen molar-refractivity contribution >= 4 is 5.78 Å². The van der Waals surface area contributed by atoms with Gasteiger partial charge in [0.05, 0.1) is 6.26 Å². The summed E-state index contributed by atoms with van der Waals surface area (Å²) in [5, 5.41) is 0. The van der Waals surface area contributed by atoms with Crippen molar-refractivity contribution in [1.82, 2.24) is 0 Å². The third kappa shape index (κ3) is 2.74. The quantitative estimate of drug-likeness (QED) is 0.625. The zero-order chi connectivity index (χ0) is 8.81. The van der Waals surface area contributed by atoms with Crippen LogP contribution in [0.1, 0.15) is 18.6 Å². The summed E-state index contributed by atoms with van der Waals surface area (Å²) in [6.45, 7) is 3.40.